The van der Waals surface area contributed by atoms with Gasteiger partial charge in [-0.05, 0) is 55.5 Å². The molecule has 2 aromatic carbocycles. The van der Waals surface area contributed by atoms with Gasteiger partial charge in [-0.15, -0.1) is 0 Å². The fourth-order valence-electron chi connectivity index (χ4n) is 3.67. The Kier molecular flexibility index (Phi) is 6.18. The summed E-state index contributed by atoms with van der Waals surface area (Å²) in [6.07, 6.45) is 0. The van der Waals surface area contributed by atoms with Crippen LogP contribution in [-0.2, 0) is 9.53 Å². The van der Waals surface area contributed by atoms with Gasteiger partial charge in [0, 0.05) is 41.9 Å². The zero-order valence-corrected chi connectivity index (χ0v) is 17.4. The number of amides is 2. The lowest BCUT2D eigenvalue weighted by atomic mass is 10.2. The van der Waals surface area contributed by atoms with E-state index < -0.39 is 0 Å². The number of carbonyl (C=O) groups excluding carboxylic acids is 2. The first-order chi connectivity index (χ1) is 15.0. The number of morpholine rings is 1. The van der Waals surface area contributed by atoms with Crippen molar-refractivity contribution in [2.75, 3.05) is 49.6 Å². The van der Waals surface area contributed by atoms with Gasteiger partial charge < -0.3 is 24.8 Å². The second kappa shape index (κ2) is 9.18. The highest BCUT2D eigenvalue weighted by Gasteiger charge is 2.20. The van der Waals surface area contributed by atoms with E-state index in [2.05, 4.69) is 15.2 Å². The molecular formula is C23H25FN4O3. The maximum atomic E-state index is 13.4. The van der Waals surface area contributed by atoms with Crippen molar-refractivity contribution in [3.63, 3.8) is 0 Å². The number of anilines is 2. The maximum Gasteiger partial charge on any atom is 0.270 e. The molecule has 0 bridgehead atoms. The molecule has 2 heterocycles. The lowest BCUT2D eigenvalue weighted by Crippen LogP contribution is -2.38. The lowest BCUT2D eigenvalue weighted by molar-refractivity contribution is -0.116. The number of carbonyl (C=O) groups is 2. The summed E-state index contributed by atoms with van der Waals surface area (Å²) in [5.74, 6) is -0.953. The Balaban J connectivity index is 1.38. The quantitative estimate of drug-likeness (QED) is 0.637. The molecule has 7 nitrogen and oxygen atoms in total. The standard InChI is InChI=1S/C23H25FN4O3/c1-2-27(23(30)21-14-16-13-17(24)3-8-20(16)26-21)15-22(29)25-18-4-6-19(7-5-18)28-9-11-31-12-10-28/h3-8,13-14,26H,2,9-12,15H2,1H3,(H,25,29). The zero-order valence-electron chi connectivity index (χ0n) is 17.4. The van der Waals surface area contributed by atoms with E-state index in [-0.39, 0.29) is 24.2 Å². The number of nitrogens with zero attached hydrogens (tertiary/aromatic N) is 2. The molecular weight excluding hydrogens is 399 g/mol. The van der Waals surface area contributed by atoms with Gasteiger partial charge in [-0.3, -0.25) is 9.59 Å². The van der Waals surface area contributed by atoms with Gasteiger partial charge in [0.15, 0.2) is 0 Å². The normalized spacial score (nSPS) is 13.9. The first kappa shape index (κ1) is 20.9. The van der Waals surface area contributed by atoms with Crippen LogP contribution in [0.4, 0.5) is 15.8 Å². The van der Waals surface area contributed by atoms with Gasteiger partial charge in [-0.1, -0.05) is 0 Å². The predicted molar refractivity (Wildman–Crippen MR) is 118 cm³/mol. The van der Waals surface area contributed by atoms with Gasteiger partial charge in [0.05, 0.1) is 13.2 Å². The average Bonchev–Trinajstić information content (AvgIpc) is 3.21. The second-order valence-electron chi connectivity index (χ2n) is 7.43. The van der Waals surface area contributed by atoms with E-state index in [1.807, 2.05) is 31.2 Å². The summed E-state index contributed by atoms with van der Waals surface area (Å²) < 4.78 is 18.8. The highest BCUT2D eigenvalue weighted by atomic mass is 19.1. The first-order valence-corrected chi connectivity index (χ1v) is 10.3. The molecule has 1 saturated heterocycles. The number of nitrogens with one attached hydrogen (secondary N) is 2. The van der Waals surface area contributed by atoms with Crippen molar-refractivity contribution in [3.05, 3.63) is 60.0 Å². The Morgan fingerprint density at radius 2 is 1.87 bits per heavy atom. The van der Waals surface area contributed by atoms with Crippen molar-refractivity contribution >= 4 is 34.1 Å². The lowest BCUT2D eigenvalue weighted by Gasteiger charge is -2.29. The number of halogens is 1. The predicted octanol–water partition coefficient (Wildman–Crippen LogP) is 3.24. The fraction of sp³-hybridized carbons (Fsp3) is 0.304. The highest BCUT2D eigenvalue weighted by molar-refractivity contribution is 6.01. The number of rotatable bonds is 6. The molecule has 1 aliphatic rings. The number of ether oxygens (including phenoxy) is 1. The van der Waals surface area contributed by atoms with Gasteiger partial charge >= 0.3 is 0 Å². The number of hydrogen-bond donors (Lipinski definition) is 2. The van der Waals surface area contributed by atoms with Gasteiger partial charge in [0.25, 0.3) is 5.91 Å². The molecule has 0 unspecified atom stereocenters. The number of benzene rings is 2. The van der Waals surface area contributed by atoms with Crippen LogP contribution in [0.1, 0.15) is 17.4 Å². The van der Waals surface area contributed by atoms with Crippen molar-refractivity contribution in [3.8, 4) is 0 Å². The minimum atomic E-state index is -0.364. The minimum absolute atomic E-state index is 0.0791. The third-order valence-corrected chi connectivity index (χ3v) is 5.34. The molecule has 4 rings (SSSR count). The summed E-state index contributed by atoms with van der Waals surface area (Å²) in [5.41, 5.74) is 2.75. The molecule has 3 aromatic rings. The summed E-state index contributed by atoms with van der Waals surface area (Å²) in [5, 5.41) is 3.46. The summed E-state index contributed by atoms with van der Waals surface area (Å²) in [6.45, 7) is 5.22. The number of H-pyrrole nitrogens is 1. The zero-order chi connectivity index (χ0) is 21.8. The molecule has 2 amide bonds. The van der Waals surface area contributed by atoms with Crippen molar-refractivity contribution in [2.24, 2.45) is 0 Å². The average molecular weight is 424 g/mol. The van der Waals surface area contributed by atoms with Crippen molar-refractivity contribution in [1.82, 2.24) is 9.88 Å². The number of fused-ring (bicyclic) bond motifs is 1. The molecule has 162 valence electrons. The minimum Gasteiger partial charge on any atom is -0.378 e. The van der Waals surface area contributed by atoms with Crippen LogP contribution in [0.5, 0.6) is 0 Å². The Bertz CT molecular complexity index is 1070. The molecule has 0 aliphatic carbocycles. The molecule has 0 saturated carbocycles. The van der Waals surface area contributed by atoms with E-state index in [1.54, 1.807) is 12.1 Å². The van der Waals surface area contributed by atoms with E-state index >= 15 is 0 Å². The third kappa shape index (κ3) is 4.86. The summed E-state index contributed by atoms with van der Waals surface area (Å²) in [4.78, 5) is 32.0. The number of aromatic amines is 1. The number of aromatic nitrogens is 1. The van der Waals surface area contributed by atoms with Crippen LogP contribution >= 0.6 is 0 Å². The van der Waals surface area contributed by atoms with Crippen molar-refractivity contribution in [1.29, 1.82) is 0 Å². The third-order valence-electron chi connectivity index (χ3n) is 5.34. The summed E-state index contributed by atoms with van der Waals surface area (Å²) in [6, 6.07) is 13.5. The molecule has 1 fully saturated rings. The molecule has 31 heavy (non-hydrogen) atoms. The van der Waals surface area contributed by atoms with Crippen LogP contribution in [0.2, 0.25) is 0 Å². The number of likely N-dealkylation sites (N-methyl/N-ethyl adjacent to an activating group) is 1. The first-order valence-electron chi connectivity index (χ1n) is 10.3. The fourth-order valence-corrected chi connectivity index (χ4v) is 3.67. The Hall–Kier alpha value is -3.39. The van der Waals surface area contributed by atoms with Crippen molar-refractivity contribution < 1.29 is 18.7 Å². The molecule has 2 N–H and O–H groups in total. The van der Waals surface area contributed by atoms with Crippen LogP contribution in [0.25, 0.3) is 10.9 Å². The van der Waals surface area contributed by atoms with Crippen LogP contribution in [0.15, 0.2) is 48.5 Å². The Morgan fingerprint density at radius 1 is 1.13 bits per heavy atom. The molecule has 0 spiro atoms. The van der Waals surface area contributed by atoms with Crippen LogP contribution in [0, 0.1) is 5.82 Å². The van der Waals surface area contributed by atoms with Gasteiger partial charge in [0.2, 0.25) is 5.91 Å². The summed E-state index contributed by atoms with van der Waals surface area (Å²) in [7, 11) is 0. The van der Waals surface area contributed by atoms with Gasteiger partial charge in [-0.2, -0.15) is 0 Å². The molecule has 0 atom stereocenters. The smallest absolute Gasteiger partial charge is 0.270 e. The van der Waals surface area contributed by atoms with E-state index in [4.69, 9.17) is 4.74 Å². The molecule has 0 radical (unpaired) electrons. The molecule has 1 aliphatic heterocycles. The Labute approximate surface area is 179 Å². The van der Waals surface area contributed by atoms with Crippen LogP contribution < -0.4 is 10.2 Å². The van der Waals surface area contributed by atoms with E-state index in [1.165, 1.54) is 17.0 Å². The molecule has 1 aromatic heterocycles. The van der Waals surface area contributed by atoms with E-state index in [0.29, 0.717) is 42.0 Å². The van der Waals surface area contributed by atoms with Crippen LogP contribution in [0.3, 0.4) is 0 Å². The van der Waals surface area contributed by atoms with E-state index in [9.17, 15) is 14.0 Å². The van der Waals surface area contributed by atoms with Gasteiger partial charge in [-0.25, -0.2) is 4.39 Å². The highest BCUT2D eigenvalue weighted by Crippen LogP contribution is 2.20. The topological polar surface area (TPSA) is 77.7 Å². The monoisotopic (exact) mass is 424 g/mol. The largest absolute Gasteiger partial charge is 0.378 e. The van der Waals surface area contributed by atoms with Crippen molar-refractivity contribution in [2.45, 2.75) is 6.92 Å². The second-order valence-corrected chi connectivity index (χ2v) is 7.43. The SMILES string of the molecule is CCN(CC(=O)Nc1ccc(N2CCOCC2)cc1)C(=O)c1cc2cc(F)ccc2[nH]1. The van der Waals surface area contributed by atoms with E-state index in [0.717, 1.165) is 18.8 Å². The Morgan fingerprint density at radius 3 is 2.58 bits per heavy atom. The maximum absolute atomic E-state index is 13.4. The number of hydrogen-bond acceptors (Lipinski definition) is 4. The van der Waals surface area contributed by atoms with Crippen LogP contribution in [-0.4, -0.2) is 61.1 Å². The van der Waals surface area contributed by atoms with Gasteiger partial charge in [0.1, 0.15) is 18.1 Å². The molecule has 8 heteroatoms. The summed E-state index contributed by atoms with van der Waals surface area (Å²) >= 11 is 0.